The number of thioether (sulfide) groups is 1. The Bertz CT molecular complexity index is 1590. The maximum absolute atomic E-state index is 9.55. The molecule has 0 aliphatic heterocycles. The molecule has 0 aliphatic carbocycles. The molecule has 0 bridgehead atoms. The van der Waals surface area contributed by atoms with Crippen LogP contribution in [0, 0.1) is 0 Å². The molecule has 0 spiro atoms. The van der Waals surface area contributed by atoms with Gasteiger partial charge in [-0.25, -0.2) is 14.4 Å². The minimum absolute atomic E-state index is 0.447. The largest absolute Gasteiger partial charge is 0.545 e. The quantitative estimate of drug-likeness (QED) is 0.100. The summed E-state index contributed by atoms with van der Waals surface area (Å²) in [5, 5.41) is 46.4. The first kappa shape index (κ1) is 36.9. The van der Waals surface area contributed by atoms with Gasteiger partial charge in [-0.1, -0.05) is 53.6 Å². The molecule has 0 amide bonds. The highest BCUT2D eigenvalue weighted by atomic mass is 32.2. The molecule has 46 heavy (non-hydrogen) atoms. The Kier molecular flexibility index (Phi) is 15.9. The molecule has 0 atom stereocenters. The molecular weight excluding hydrogens is 616 g/mol. The second-order valence-corrected chi connectivity index (χ2v) is 10.7. The monoisotopic (exact) mass is 651 g/mol. The van der Waals surface area contributed by atoms with Gasteiger partial charge in [-0.3, -0.25) is 5.32 Å². The molecule has 2 aromatic heterocycles. The first-order valence-corrected chi connectivity index (χ1v) is 15.0. The van der Waals surface area contributed by atoms with Gasteiger partial charge in [0.05, 0.1) is 37.7 Å². The number of nitrogens with zero attached hydrogens (tertiary/aromatic N) is 2. The van der Waals surface area contributed by atoms with E-state index in [9.17, 15) is 24.3 Å². The molecule has 0 aliphatic rings. The number of nitrogens with two attached hydrogens (primary N) is 1. The molecule has 13 nitrogen and oxygen atoms in total. The van der Waals surface area contributed by atoms with E-state index in [4.69, 9.17) is 19.7 Å². The van der Waals surface area contributed by atoms with Gasteiger partial charge < -0.3 is 34.5 Å². The van der Waals surface area contributed by atoms with Crippen LogP contribution in [-0.2, 0) is 31.5 Å². The Balaban J connectivity index is 0.000000381. The molecule has 0 saturated carbocycles. The van der Waals surface area contributed by atoms with Crippen LogP contribution in [0.2, 0.25) is 0 Å². The van der Waals surface area contributed by atoms with Gasteiger partial charge in [0.2, 0.25) is 0 Å². The molecule has 2 heterocycles. The van der Waals surface area contributed by atoms with E-state index >= 15 is 0 Å². The lowest BCUT2D eigenvalue weighted by atomic mass is 10.0. The highest BCUT2D eigenvalue weighted by molar-refractivity contribution is 7.98. The van der Waals surface area contributed by atoms with Crippen molar-refractivity contribution in [2.75, 3.05) is 26.4 Å². The third-order valence-electron chi connectivity index (χ3n) is 5.58. The van der Waals surface area contributed by atoms with E-state index in [2.05, 4.69) is 78.1 Å². The van der Waals surface area contributed by atoms with E-state index in [0.29, 0.717) is 24.3 Å². The van der Waals surface area contributed by atoms with Crippen molar-refractivity contribution in [1.29, 1.82) is 0 Å². The number of aliphatic carboxylic acids is 4. The molecule has 4 aromatic rings. The Morgan fingerprint density at radius 2 is 1.37 bits per heavy atom. The summed E-state index contributed by atoms with van der Waals surface area (Å²) in [7, 11) is 4.26. The Hall–Kier alpha value is -5.31. The summed E-state index contributed by atoms with van der Waals surface area (Å²) in [5.74, 6) is -0.339. The third kappa shape index (κ3) is 14.4. The average Bonchev–Trinajstić information content (AvgIpc) is 3.46. The summed E-state index contributed by atoms with van der Waals surface area (Å²) in [4.78, 5) is 39.4. The summed E-state index contributed by atoms with van der Waals surface area (Å²) in [6, 6.07) is 22.8. The van der Waals surface area contributed by atoms with E-state index in [-0.39, 0.29) is 0 Å². The number of hydrogen-bond donors (Lipinski definition) is 5. The number of benzene rings is 2. The van der Waals surface area contributed by atoms with E-state index in [0.717, 1.165) is 64.0 Å². The number of rotatable bonds is 13. The van der Waals surface area contributed by atoms with E-state index < -0.39 is 23.9 Å². The molecule has 0 unspecified atom stereocenters. The van der Waals surface area contributed by atoms with Crippen LogP contribution in [0.4, 0.5) is 5.82 Å². The fourth-order valence-electron chi connectivity index (χ4n) is 3.76. The van der Waals surface area contributed by atoms with Gasteiger partial charge in [0.15, 0.2) is 5.76 Å². The maximum Gasteiger partial charge on any atom is 0.328 e. The van der Waals surface area contributed by atoms with Crippen LogP contribution in [0.15, 0.2) is 95.5 Å². The number of quaternary nitrogens is 2. The standard InChI is InChI=1S/C24H26N4OS.2C4H4O4/c1-28(2)16-19-12-13-20(29-19)17-30-15-14-25-24-22-11-7-6-10-21(22)23(26-27-24)18-8-4-3-5-9-18;2*5-3(6)1-2-4(7)8/h3-13H,14-17H2,1-2H3,(H,25,27);2*1-2H,(H,5,6)(H,7,8)/p+1/b;2*2-1-. The van der Waals surface area contributed by atoms with Gasteiger partial charge in [0.1, 0.15) is 18.0 Å². The lowest BCUT2D eigenvalue weighted by Gasteiger charge is -2.08. The number of carbonyl (C=O) groups excluding carboxylic acids is 1. The summed E-state index contributed by atoms with van der Waals surface area (Å²) >= 11 is 1.88. The SMILES string of the molecule is C[NH+](C)Cc1ccc(CSCC[NH2+]c2nnc(-c3ccccc3)c3ccccc23)o1.O=C(O)/C=C\C(=O)O.O=C([O-])/C=C\C(=O)O. The predicted molar refractivity (Wildman–Crippen MR) is 169 cm³/mol. The number of carboxylic acids is 4. The topological polar surface area (TPSA) is 212 Å². The highest BCUT2D eigenvalue weighted by Gasteiger charge is 2.13. The van der Waals surface area contributed by atoms with Crippen LogP contribution in [0.1, 0.15) is 11.5 Å². The minimum atomic E-state index is -1.51. The van der Waals surface area contributed by atoms with Crippen molar-refractivity contribution in [1.82, 2.24) is 10.2 Å². The Morgan fingerprint density at radius 1 is 0.804 bits per heavy atom. The Labute approximate surface area is 268 Å². The number of nitrogens with one attached hydrogen (secondary N) is 1. The molecule has 2 aromatic carbocycles. The summed E-state index contributed by atoms with van der Waals surface area (Å²) < 4.78 is 5.90. The molecule has 6 N–H and O–H groups in total. The van der Waals surface area contributed by atoms with Crippen LogP contribution in [0.25, 0.3) is 22.0 Å². The van der Waals surface area contributed by atoms with Crippen molar-refractivity contribution < 1.29 is 54.2 Å². The molecular formula is C32H35N4O9S+. The second kappa shape index (κ2) is 19.9. The lowest BCUT2D eigenvalue weighted by Crippen LogP contribution is -3.04. The van der Waals surface area contributed by atoms with Crippen LogP contribution in [0.5, 0.6) is 0 Å². The fraction of sp³-hybridized carbons (Fsp3) is 0.188. The van der Waals surface area contributed by atoms with Gasteiger partial charge in [0, 0.05) is 34.9 Å². The zero-order chi connectivity index (χ0) is 33.9. The van der Waals surface area contributed by atoms with Gasteiger partial charge in [-0.15, -0.1) is 16.9 Å². The number of aromatic nitrogens is 2. The van der Waals surface area contributed by atoms with Crippen molar-refractivity contribution in [2.45, 2.75) is 12.3 Å². The van der Waals surface area contributed by atoms with Gasteiger partial charge in [-0.05, 0) is 24.3 Å². The number of hydrogen-bond acceptors (Lipinski definition) is 9. The van der Waals surface area contributed by atoms with Gasteiger partial charge in [-0.2, -0.15) is 0 Å². The number of carboxylic acid groups (broad SMARTS) is 4. The second-order valence-electron chi connectivity index (χ2n) is 9.64. The van der Waals surface area contributed by atoms with Crippen molar-refractivity contribution in [3.63, 3.8) is 0 Å². The van der Waals surface area contributed by atoms with E-state index in [1.165, 1.54) is 4.90 Å². The van der Waals surface area contributed by atoms with Gasteiger partial charge in [0.25, 0.3) is 5.82 Å². The molecule has 4 rings (SSSR count). The zero-order valence-corrected chi connectivity index (χ0v) is 26.0. The van der Waals surface area contributed by atoms with Crippen molar-refractivity contribution in [3.05, 3.63) is 103 Å². The molecule has 14 heteroatoms. The first-order valence-electron chi connectivity index (χ1n) is 13.8. The van der Waals surface area contributed by atoms with Crippen molar-refractivity contribution in [2.24, 2.45) is 0 Å². The summed E-state index contributed by atoms with van der Waals surface area (Å²) in [6.45, 7) is 1.87. The van der Waals surface area contributed by atoms with Crippen molar-refractivity contribution in [3.8, 4) is 11.3 Å². The van der Waals surface area contributed by atoms with Gasteiger partial charge >= 0.3 is 17.9 Å². The smallest absolute Gasteiger partial charge is 0.328 e. The van der Waals surface area contributed by atoms with E-state index in [1.807, 2.05) is 30.0 Å². The fourth-order valence-corrected chi connectivity index (χ4v) is 4.55. The van der Waals surface area contributed by atoms with Crippen LogP contribution >= 0.6 is 11.8 Å². The molecule has 242 valence electrons. The predicted octanol–water partition coefficient (Wildman–Crippen LogP) is 0.752. The number of fused-ring (bicyclic) bond motifs is 1. The summed E-state index contributed by atoms with van der Waals surface area (Å²) in [6.07, 6.45) is 2.06. The number of furan rings is 1. The number of carbonyl (C=O) groups is 4. The van der Waals surface area contributed by atoms with Crippen LogP contribution in [0.3, 0.4) is 0 Å². The normalized spacial score (nSPS) is 10.8. The minimum Gasteiger partial charge on any atom is -0.545 e. The summed E-state index contributed by atoms with van der Waals surface area (Å²) in [5.41, 5.74) is 2.03. The first-order chi connectivity index (χ1) is 22.0. The third-order valence-corrected chi connectivity index (χ3v) is 6.60. The molecule has 0 saturated heterocycles. The average molecular weight is 652 g/mol. The van der Waals surface area contributed by atoms with Crippen molar-refractivity contribution >= 4 is 52.2 Å². The van der Waals surface area contributed by atoms with E-state index in [1.54, 1.807) is 0 Å². The van der Waals surface area contributed by atoms with Crippen LogP contribution < -0.4 is 15.3 Å². The lowest BCUT2D eigenvalue weighted by molar-refractivity contribution is -0.873. The molecule has 0 radical (unpaired) electrons. The molecule has 0 fully saturated rings. The highest BCUT2D eigenvalue weighted by Crippen LogP contribution is 2.27. The Morgan fingerprint density at radius 3 is 1.93 bits per heavy atom. The maximum atomic E-state index is 9.55. The van der Waals surface area contributed by atoms with Crippen LogP contribution in [-0.4, -0.2) is 75.8 Å². The zero-order valence-electron chi connectivity index (χ0n) is 25.2.